The molecule has 3 aliphatic heterocycles. The van der Waals surface area contributed by atoms with Gasteiger partial charge in [0.05, 0.1) is 39.5 Å². The topological polar surface area (TPSA) is 183 Å². The van der Waals surface area contributed by atoms with E-state index < -0.39 is 67.1 Å². The van der Waals surface area contributed by atoms with Crippen molar-refractivity contribution in [2.45, 2.75) is 42.7 Å². The number of fused-ring (bicyclic) bond motifs is 3. The van der Waals surface area contributed by atoms with Crippen molar-refractivity contribution in [2.75, 3.05) is 34.2 Å². The lowest BCUT2D eigenvalue weighted by atomic mass is 9.66. The van der Waals surface area contributed by atoms with E-state index in [1.807, 2.05) is 0 Å². The molecule has 3 heterocycles. The lowest BCUT2D eigenvalue weighted by Gasteiger charge is -2.44. The molecular weight excluding hydrogens is 532 g/mol. The minimum Gasteiger partial charge on any atom is -0.502 e. The number of cyclic esters (lactones) is 1. The number of carbonyl (C=O) groups is 1. The maximum atomic E-state index is 13.3. The van der Waals surface area contributed by atoms with Crippen LogP contribution in [0.2, 0.25) is 0 Å². The van der Waals surface area contributed by atoms with Crippen LogP contribution < -0.4 is 18.9 Å². The standard InChI is InChI=1S/C27H30O13/c1-34-16-3-10(4-17(35-2)21(16)29)19-11-5-14-15(38-9-37-14)6-12(11)25(13-8-36-26(33)20(13)19)40-27-24(32)23(31)22(30)18(7-28)39-27/h3-6,13,18-20,22-25,27-32H,7-9H2,1-2H3/t13-,18+,19+,20-,22+,23-,24+,25+,27-/m0/s1. The molecule has 0 bridgehead atoms. The van der Waals surface area contributed by atoms with Gasteiger partial charge in [0.1, 0.15) is 24.4 Å². The highest BCUT2D eigenvalue weighted by atomic mass is 16.7. The fourth-order valence-electron chi connectivity index (χ4n) is 6.10. The van der Waals surface area contributed by atoms with E-state index in [9.17, 15) is 30.3 Å². The summed E-state index contributed by atoms with van der Waals surface area (Å²) in [7, 11) is 2.81. The molecule has 2 aromatic rings. The first-order chi connectivity index (χ1) is 19.3. The van der Waals surface area contributed by atoms with E-state index in [1.165, 1.54) is 14.2 Å². The minimum atomic E-state index is -1.64. The van der Waals surface area contributed by atoms with Crippen molar-refractivity contribution in [1.82, 2.24) is 0 Å². The van der Waals surface area contributed by atoms with Gasteiger partial charge < -0.3 is 58.7 Å². The summed E-state index contributed by atoms with van der Waals surface area (Å²) in [5.41, 5.74) is 1.83. The molecule has 9 atom stereocenters. The number of methoxy groups -OCH3 is 2. The van der Waals surface area contributed by atoms with E-state index in [0.29, 0.717) is 28.2 Å². The lowest BCUT2D eigenvalue weighted by molar-refractivity contribution is -0.317. The first-order valence-electron chi connectivity index (χ1n) is 12.8. The molecule has 0 spiro atoms. The quantitative estimate of drug-likeness (QED) is 0.295. The zero-order valence-electron chi connectivity index (χ0n) is 21.6. The van der Waals surface area contributed by atoms with Crippen LogP contribution in [0.25, 0.3) is 0 Å². The molecule has 2 fully saturated rings. The molecule has 0 amide bonds. The average Bonchev–Trinajstić information content (AvgIpc) is 3.58. The third-order valence-electron chi connectivity index (χ3n) is 8.11. The van der Waals surface area contributed by atoms with Crippen molar-refractivity contribution in [1.29, 1.82) is 0 Å². The van der Waals surface area contributed by atoms with Gasteiger partial charge in [0.25, 0.3) is 0 Å². The van der Waals surface area contributed by atoms with Gasteiger partial charge in [0, 0.05) is 11.8 Å². The Bertz CT molecular complexity index is 1270. The molecule has 216 valence electrons. The molecule has 6 rings (SSSR count). The molecule has 4 aliphatic rings. The number of benzene rings is 2. The summed E-state index contributed by atoms with van der Waals surface area (Å²) in [6.45, 7) is -0.635. The Labute approximate surface area is 228 Å². The van der Waals surface area contributed by atoms with Gasteiger partial charge in [-0.1, -0.05) is 0 Å². The molecule has 40 heavy (non-hydrogen) atoms. The Morgan fingerprint density at radius 2 is 1.55 bits per heavy atom. The van der Waals surface area contributed by atoms with E-state index in [4.69, 9.17) is 33.2 Å². The highest BCUT2D eigenvalue weighted by Gasteiger charge is 2.55. The highest BCUT2D eigenvalue weighted by molar-refractivity contribution is 5.79. The first kappa shape index (κ1) is 26.9. The predicted molar refractivity (Wildman–Crippen MR) is 131 cm³/mol. The molecule has 0 aromatic heterocycles. The number of hydrogen-bond acceptors (Lipinski definition) is 13. The van der Waals surface area contributed by atoms with Crippen LogP contribution >= 0.6 is 0 Å². The highest BCUT2D eigenvalue weighted by Crippen LogP contribution is 2.57. The molecule has 13 nitrogen and oxygen atoms in total. The van der Waals surface area contributed by atoms with Crippen LogP contribution in [0.15, 0.2) is 24.3 Å². The summed E-state index contributed by atoms with van der Waals surface area (Å²) in [6, 6.07) is 6.73. The Balaban J connectivity index is 1.48. The van der Waals surface area contributed by atoms with E-state index in [2.05, 4.69) is 0 Å². The van der Waals surface area contributed by atoms with Gasteiger partial charge in [-0.05, 0) is 41.0 Å². The van der Waals surface area contributed by atoms with Crippen molar-refractivity contribution in [3.8, 4) is 28.7 Å². The largest absolute Gasteiger partial charge is 0.502 e. The van der Waals surface area contributed by atoms with Crippen LogP contribution in [0, 0.1) is 11.8 Å². The van der Waals surface area contributed by atoms with Crippen molar-refractivity contribution < 1.29 is 63.5 Å². The molecule has 13 heteroatoms. The Hall–Kier alpha value is -3.33. The second-order valence-corrected chi connectivity index (χ2v) is 10.2. The second kappa shape index (κ2) is 10.3. The zero-order valence-corrected chi connectivity index (χ0v) is 21.6. The number of aromatic hydroxyl groups is 1. The van der Waals surface area contributed by atoms with E-state index in [1.54, 1.807) is 24.3 Å². The van der Waals surface area contributed by atoms with Gasteiger partial charge in [0.15, 0.2) is 29.3 Å². The number of carbonyl (C=O) groups excluding carboxylic acids is 1. The number of aliphatic hydroxyl groups is 4. The van der Waals surface area contributed by atoms with E-state index in [-0.39, 0.29) is 30.6 Å². The van der Waals surface area contributed by atoms with Crippen LogP contribution in [-0.4, -0.2) is 96.4 Å². The number of phenols is 1. The maximum absolute atomic E-state index is 13.3. The third kappa shape index (κ3) is 4.12. The number of esters is 1. The fraction of sp³-hybridized carbons (Fsp3) is 0.519. The molecule has 5 N–H and O–H groups in total. The van der Waals surface area contributed by atoms with Gasteiger partial charge in [-0.15, -0.1) is 0 Å². The molecule has 0 saturated carbocycles. The minimum absolute atomic E-state index is 0.00309. The summed E-state index contributed by atoms with van der Waals surface area (Å²) >= 11 is 0. The zero-order chi connectivity index (χ0) is 28.3. The van der Waals surface area contributed by atoms with E-state index in [0.717, 1.165) is 0 Å². The summed E-state index contributed by atoms with van der Waals surface area (Å²) in [5, 5.41) is 51.4. The van der Waals surface area contributed by atoms with Crippen molar-refractivity contribution in [3.05, 3.63) is 41.0 Å². The smallest absolute Gasteiger partial charge is 0.310 e. The van der Waals surface area contributed by atoms with E-state index >= 15 is 0 Å². The third-order valence-corrected chi connectivity index (χ3v) is 8.11. The Kier molecular flexibility index (Phi) is 6.89. The fourth-order valence-corrected chi connectivity index (χ4v) is 6.10. The average molecular weight is 563 g/mol. The Morgan fingerprint density at radius 1 is 0.900 bits per heavy atom. The van der Waals surface area contributed by atoms with Gasteiger partial charge in [-0.3, -0.25) is 4.79 Å². The molecule has 1 aliphatic carbocycles. The summed E-state index contributed by atoms with van der Waals surface area (Å²) in [6.07, 6.45) is -8.35. The van der Waals surface area contributed by atoms with Crippen LogP contribution in [0.3, 0.4) is 0 Å². The summed E-state index contributed by atoms with van der Waals surface area (Å²) in [5.74, 6) is -1.43. The number of phenolic OH excluding ortho intramolecular Hbond substituents is 1. The maximum Gasteiger partial charge on any atom is 0.310 e. The number of hydrogen-bond donors (Lipinski definition) is 5. The molecule has 2 saturated heterocycles. The SMILES string of the molecule is COc1cc([C@@H]2c3cc4c(cc3[C@@H](O[C@@H]3O[C@H](CO)[C@@H](O)[C@H](O)[C@H]3O)[C@H]3COC(=O)[C@H]23)OCO4)cc(OC)c1O. The van der Waals surface area contributed by atoms with Crippen LogP contribution in [0.5, 0.6) is 28.7 Å². The first-order valence-corrected chi connectivity index (χ1v) is 12.8. The summed E-state index contributed by atoms with van der Waals surface area (Å²) < 4.78 is 39.4. The van der Waals surface area contributed by atoms with Gasteiger partial charge in [-0.2, -0.15) is 0 Å². The molecular formula is C27H30O13. The second-order valence-electron chi connectivity index (χ2n) is 10.2. The molecule has 0 unspecified atom stereocenters. The normalized spacial score (nSPS) is 34.1. The van der Waals surface area contributed by atoms with Crippen molar-refractivity contribution >= 4 is 5.97 Å². The Morgan fingerprint density at radius 3 is 2.17 bits per heavy atom. The predicted octanol–water partition coefficient (Wildman–Crippen LogP) is -0.0696. The van der Waals surface area contributed by atoms with Crippen molar-refractivity contribution in [3.63, 3.8) is 0 Å². The number of aliphatic hydroxyl groups excluding tert-OH is 4. The van der Waals surface area contributed by atoms with Gasteiger partial charge >= 0.3 is 5.97 Å². The summed E-state index contributed by atoms with van der Waals surface area (Å²) in [4.78, 5) is 13.3. The van der Waals surface area contributed by atoms with Crippen LogP contribution in [-0.2, 0) is 19.0 Å². The van der Waals surface area contributed by atoms with Crippen molar-refractivity contribution in [2.24, 2.45) is 11.8 Å². The lowest BCUT2D eigenvalue weighted by Crippen LogP contribution is -2.59. The molecule has 0 radical (unpaired) electrons. The van der Waals surface area contributed by atoms with Gasteiger partial charge in [0.2, 0.25) is 12.5 Å². The van der Waals surface area contributed by atoms with Crippen LogP contribution in [0.4, 0.5) is 0 Å². The number of ether oxygens (including phenoxy) is 7. The van der Waals surface area contributed by atoms with Crippen LogP contribution in [0.1, 0.15) is 28.7 Å². The van der Waals surface area contributed by atoms with Gasteiger partial charge in [-0.25, -0.2) is 0 Å². The number of rotatable bonds is 6. The molecule has 2 aromatic carbocycles. The monoisotopic (exact) mass is 562 g/mol.